The number of amides is 1. The Labute approximate surface area is 119 Å². The van der Waals surface area contributed by atoms with Crippen LogP contribution in [0.2, 0.25) is 0 Å². The van der Waals surface area contributed by atoms with Crippen LogP contribution in [0.4, 0.5) is 18.0 Å². The molecule has 116 valence electrons. The second-order valence-electron chi connectivity index (χ2n) is 6.02. The molecule has 2 heterocycles. The first kappa shape index (κ1) is 15.5. The Morgan fingerprint density at radius 2 is 1.86 bits per heavy atom. The van der Waals surface area contributed by atoms with Gasteiger partial charge in [0.2, 0.25) is 5.82 Å². The van der Waals surface area contributed by atoms with Gasteiger partial charge < -0.3 is 10.0 Å². The molecule has 0 aromatic carbocycles. The third-order valence-corrected chi connectivity index (χ3v) is 3.30. The van der Waals surface area contributed by atoms with Gasteiger partial charge in [0, 0.05) is 12.0 Å². The van der Waals surface area contributed by atoms with Crippen LogP contribution in [-0.4, -0.2) is 32.6 Å². The summed E-state index contributed by atoms with van der Waals surface area (Å²) >= 11 is 0. The molecule has 1 amide bonds. The molecule has 8 heteroatoms. The molecular formula is C13H16F3N3O2. The van der Waals surface area contributed by atoms with Crippen LogP contribution in [0.25, 0.3) is 0 Å². The number of carboxylic acid groups (broad SMARTS) is 1. The van der Waals surface area contributed by atoms with Gasteiger partial charge in [0.1, 0.15) is 0 Å². The largest absolute Gasteiger partial charge is 0.465 e. The maximum Gasteiger partial charge on any atom is 0.451 e. The molecule has 0 unspecified atom stereocenters. The fourth-order valence-corrected chi connectivity index (χ4v) is 2.34. The minimum Gasteiger partial charge on any atom is -0.465 e. The topological polar surface area (TPSA) is 66.3 Å². The van der Waals surface area contributed by atoms with Crippen molar-refractivity contribution < 1.29 is 23.1 Å². The predicted molar refractivity (Wildman–Crippen MR) is 67.9 cm³/mol. The summed E-state index contributed by atoms with van der Waals surface area (Å²) in [7, 11) is 0. The molecule has 0 radical (unpaired) electrons. The van der Waals surface area contributed by atoms with E-state index >= 15 is 0 Å². The van der Waals surface area contributed by atoms with Crippen LogP contribution in [0.5, 0.6) is 0 Å². The van der Waals surface area contributed by atoms with Crippen molar-refractivity contribution in [3.05, 3.63) is 22.8 Å². The van der Waals surface area contributed by atoms with Gasteiger partial charge in [-0.1, -0.05) is 20.8 Å². The van der Waals surface area contributed by atoms with Gasteiger partial charge >= 0.3 is 12.3 Å². The van der Waals surface area contributed by atoms with Crippen LogP contribution in [0, 0.1) is 0 Å². The lowest BCUT2D eigenvalue weighted by atomic mass is 9.85. The number of rotatable bonds is 0. The van der Waals surface area contributed by atoms with E-state index in [1.54, 1.807) is 20.8 Å². The highest BCUT2D eigenvalue weighted by molar-refractivity contribution is 5.65. The third-order valence-electron chi connectivity index (χ3n) is 3.30. The van der Waals surface area contributed by atoms with Crippen LogP contribution < -0.4 is 0 Å². The van der Waals surface area contributed by atoms with Crippen molar-refractivity contribution in [1.82, 2.24) is 14.9 Å². The van der Waals surface area contributed by atoms with Crippen LogP contribution >= 0.6 is 0 Å². The minimum absolute atomic E-state index is 0.140. The van der Waals surface area contributed by atoms with Gasteiger partial charge in [-0.2, -0.15) is 13.2 Å². The first-order chi connectivity index (χ1) is 9.50. The lowest BCUT2D eigenvalue weighted by Crippen LogP contribution is -2.37. The minimum atomic E-state index is -4.65. The van der Waals surface area contributed by atoms with E-state index in [0.717, 1.165) is 4.90 Å². The van der Waals surface area contributed by atoms with Crippen LogP contribution in [0.1, 0.15) is 43.5 Å². The molecule has 1 aromatic rings. The van der Waals surface area contributed by atoms with E-state index in [-0.39, 0.29) is 18.8 Å². The average molecular weight is 303 g/mol. The lowest BCUT2D eigenvalue weighted by Gasteiger charge is -2.30. The molecule has 0 atom stereocenters. The highest BCUT2D eigenvalue weighted by Crippen LogP contribution is 2.33. The van der Waals surface area contributed by atoms with Gasteiger partial charge in [-0.05, 0) is 12.0 Å². The van der Waals surface area contributed by atoms with Crippen molar-refractivity contribution in [2.75, 3.05) is 6.54 Å². The number of hydrogen-bond acceptors (Lipinski definition) is 3. The van der Waals surface area contributed by atoms with Crippen molar-refractivity contribution in [1.29, 1.82) is 0 Å². The van der Waals surface area contributed by atoms with Gasteiger partial charge in [-0.15, -0.1) is 0 Å². The molecule has 0 saturated heterocycles. The molecule has 1 N–H and O–H groups in total. The highest BCUT2D eigenvalue weighted by atomic mass is 19.4. The number of halogens is 3. The van der Waals surface area contributed by atoms with E-state index in [1.165, 1.54) is 0 Å². The molecule has 0 bridgehead atoms. The van der Waals surface area contributed by atoms with Gasteiger partial charge in [-0.25, -0.2) is 14.8 Å². The summed E-state index contributed by atoms with van der Waals surface area (Å²) in [5.74, 6) is -1.21. The summed E-state index contributed by atoms with van der Waals surface area (Å²) in [6.07, 6.45) is -5.49. The average Bonchev–Trinajstić information content (AvgIpc) is 2.34. The zero-order valence-electron chi connectivity index (χ0n) is 12.0. The van der Waals surface area contributed by atoms with Gasteiger partial charge in [-0.3, -0.25) is 0 Å². The molecule has 1 aliphatic heterocycles. The van der Waals surface area contributed by atoms with Crippen molar-refractivity contribution >= 4 is 6.09 Å². The van der Waals surface area contributed by atoms with E-state index in [0.29, 0.717) is 17.7 Å². The van der Waals surface area contributed by atoms with E-state index in [1.807, 2.05) is 0 Å². The standard InChI is InChI=1S/C13H16F3N3O2/c1-12(2,3)9-7-4-5-19(11(20)21)6-8(7)17-10(18-9)13(14,15)16/h4-6H2,1-3H3,(H,20,21). The van der Waals surface area contributed by atoms with Crippen LogP contribution in [-0.2, 0) is 24.6 Å². The SMILES string of the molecule is CC(C)(C)c1nc(C(F)(F)F)nc2c1CCN(C(=O)O)C2. The zero-order valence-corrected chi connectivity index (χ0v) is 12.0. The molecule has 0 spiro atoms. The van der Waals surface area contributed by atoms with Crippen molar-refractivity contribution in [2.45, 2.75) is 45.3 Å². The third kappa shape index (κ3) is 3.08. The smallest absolute Gasteiger partial charge is 0.451 e. The molecule has 1 aliphatic rings. The van der Waals surface area contributed by atoms with Crippen LogP contribution in [0.15, 0.2) is 0 Å². The second kappa shape index (κ2) is 4.85. The summed E-state index contributed by atoms with van der Waals surface area (Å²) in [4.78, 5) is 19.3. The summed E-state index contributed by atoms with van der Waals surface area (Å²) < 4.78 is 38.8. The predicted octanol–water partition coefficient (Wildman–Crippen LogP) is 2.83. The van der Waals surface area contributed by atoms with E-state index in [4.69, 9.17) is 5.11 Å². The zero-order chi connectivity index (χ0) is 16.0. The fourth-order valence-electron chi connectivity index (χ4n) is 2.34. The lowest BCUT2D eigenvalue weighted by molar-refractivity contribution is -0.145. The maximum atomic E-state index is 12.9. The number of alkyl halides is 3. The molecular weight excluding hydrogens is 287 g/mol. The monoisotopic (exact) mass is 303 g/mol. The van der Waals surface area contributed by atoms with Gasteiger partial charge in [0.05, 0.1) is 17.9 Å². The van der Waals surface area contributed by atoms with Crippen LogP contribution in [0.3, 0.4) is 0 Å². The van der Waals surface area contributed by atoms with E-state index < -0.39 is 23.5 Å². The number of carbonyl (C=O) groups is 1. The number of nitrogens with zero attached hydrogens (tertiary/aromatic N) is 3. The molecule has 0 aliphatic carbocycles. The van der Waals surface area contributed by atoms with E-state index in [9.17, 15) is 18.0 Å². The molecule has 1 aromatic heterocycles. The second-order valence-corrected chi connectivity index (χ2v) is 6.02. The highest BCUT2D eigenvalue weighted by Gasteiger charge is 2.38. The summed E-state index contributed by atoms with van der Waals surface area (Å²) in [5.41, 5.74) is 0.548. The molecule has 21 heavy (non-hydrogen) atoms. The van der Waals surface area contributed by atoms with E-state index in [2.05, 4.69) is 9.97 Å². The quantitative estimate of drug-likeness (QED) is 0.800. The number of hydrogen-bond donors (Lipinski definition) is 1. The summed E-state index contributed by atoms with van der Waals surface area (Å²) in [5, 5.41) is 8.98. The molecule has 5 nitrogen and oxygen atoms in total. The Balaban J connectivity index is 2.59. The van der Waals surface area contributed by atoms with Crippen molar-refractivity contribution in [2.24, 2.45) is 0 Å². The van der Waals surface area contributed by atoms with Crippen molar-refractivity contribution in [3.8, 4) is 0 Å². The Bertz CT molecular complexity index is 579. The first-order valence-electron chi connectivity index (χ1n) is 6.45. The Morgan fingerprint density at radius 1 is 1.24 bits per heavy atom. The van der Waals surface area contributed by atoms with Gasteiger partial charge in [0.15, 0.2) is 0 Å². The molecule has 2 rings (SSSR count). The molecule has 0 fully saturated rings. The van der Waals surface area contributed by atoms with Gasteiger partial charge in [0.25, 0.3) is 0 Å². The first-order valence-corrected chi connectivity index (χ1v) is 6.45. The Morgan fingerprint density at radius 3 is 2.33 bits per heavy atom. The Kier molecular flexibility index (Phi) is 3.59. The fraction of sp³-hybridized carbons (Fsp3) is 0.615. The Hall–Kier alpha value is -1.86. The summed E-state index contributed by atoms with van der Waals surface area (Å²) in [6.45, 7) is 5.43. The summed E-state index contributed by atoms with van der Waals surface area (Å²) in [6, 6.07) is 0. The normalized spacial score (nSPS) is 15.8. The number of aromatic nitrogens is 2. The number of fused-ring (bicyclic) bond motifs is 1. The van der Waals surface area contributed by atoms with Crippen molar-refractivity contribution in [3.63, 3.8) is 0 Å². The maximum absolute atomic E-state index is 12.9. The molecule has 0 saturated carbocycles.